The van der Waals surface area contributed by atoms with Gasteiger partial charge in [0.1, 0.15) is 5.75 Å². The molecule has 0 aromatic heterocycles. The fourth-order valence-electron chi connectivity index (χ4n) is 2.61. The summed E-state index contributed by atoms with van der Waals surface area (Å²) in [6.45, 7) is 7.07. The lowest BCUT2D eigenvalue weighted by Gasteiger charge is -2.39. The van der Waals surface area contributed by atoms with Gasteiger partial charge in [-0.2, -0.15) is 0 Å². The van der Waals surface area contributed by atoms with Gasteiger partial charge < -0.3 is 14.4 Å². The van der Waals surface area contributed by atoms with Crippen LogP contribution in [0.25, 0.3) is 0 Å². The maximum absolute atomic E-state index is 12.6. The van der Waals surface area contributed by atoms with Crippen LogP contribution in [0.4, 0.5) is 5.69 Å². The lowest BCUT2D eigenvalue weighted by atomic mass is 10.0. The number of hydrogen-bond donors (Lipinski definition) is 0. The quantitative estimate of drug-likeness (QED) is 0.782. The zero-order chi connectivity index (χ0) is 15.0. The first kappa shape index (κ1) is 14.4. The predicted molar refractivity (Wildman–Crippen MR) is 81.8 cm³/mol. The molecule has 0 spiro atoms. The predicted octanol–water partition coefficient (Wildman–Crippen LogP) is 3.07. The average molecular weight is 289 g/mol. The SMILES string of the molecule is Cc1ccc2c(c1)N(CCCOC1CC1)C(=O)C(C)(C)O2. The van der Waals surface area contributed by atoms with Gasteiger partial charge in [0, 0.05) is 13.2 Å². The largest absolute Gasteiger partial charge is 0.476 e. The van der Waals surface area contributed by atoms with Crippen molar-refractivity contribution in [2.45, 2.75) is 51.7 Å². The molecule has 4 nitrogen and oxygen atoms in total. The third-order valence-corrected chi connectivity index (χ3v) is 3.93. The molecule has 1 heterocycles. The van der Waals surface area contributed by atoms with Crippen molar-refractivity contribution < 1.29 is 14.3 Å². The molecule has 1 saturated carbocycles. The number of benzene rings is 1. The molecule has 1 fully saturated rings. The van der Waals surface area contributed by atoms with E-state index in [1.54, 1.807) is 0 Å². The third kappa shape index (κ3) is 3.05. The summed E-state index contributed by atoms with van der Waals surface area (Å²) < 4.78 is 11.5. The summed E-state index contributed by atoms with van der Waals surface area (Å²) in [5, 5.41) is 0. The van der Waals surface area contributed by atoms with E-state index in [0.29, 0.717) is 12.6 Å². The van der Waals surface area contributed by atoms with Gasteiger partial charge in [-0.15, -0.1) is 0 Å². The standard InChI is InChI=1S/C17H23NO3/c1-12-5-8-15-14(11-12)18(16(19)17(2,3)21-15)9-4-10-20-13-6-7-13/h5,8,11,13H,4,6-7,9-10H2,1-3H3. The summed E-state index contributed by atoms with van der Waals surface area (Å²) in [6.07, 6.45) is 3.69. The number of amides is 1. The van der Waals surface area contributed by atoms with Gasteiger partial charge >= 0.3 is 0 Å². The van der Waals surface area contributed by atoms with Crippen molar-refractivity contribution in [2.75, 3.05) is 18.1 Å². The smallest absolute Gasteiger partial charge is 0.270 e. The van der Waals surface area contributed by atoms with Gasteiger partial charge in [0.2, 0.25) is 0 Å². The van der Waals surface area contributed by atoms with Gasteiger partial charge in [-0.3, -0.25) is 4.79 Å². The fourth-order valence-corrected chi connectivity index (χ4v) is 2.61. The van der Waals surface area contributed by atoms with Gasteiger partial charge in [0.15, 0.2) is 5.60 Å². The van der Waals surface area contributed by atoms with Gasteiger partial charge in [-0.1, -0.05) is 6.07 Å². The molecule has 3 rings (SSSR count). The van der Waals surface area contributed by atoms with Crippen LogP contribution >= 0.6 is 0 Å². The molecular formula is C17H23NO3. The molecule has 0 bridgehead atoms. The normalized spacial score (nSPS) is 20.1. The number of rotatable bonds is 5. The minimum Gasteiger partial charge on any atom is -0.476 e. The van der Waals surface area contributed by atoms with Crippen LogP contribution in [0.15, 0.2) is 18.2 Å². The van der Waals surface area contributed by atoms with Crippen molar-refractivity contribution in [1.29, 1.82) is 0 Å². The Morgan fingerprint density at radius 3 is 2.86 bits per heavy atom. The monoisotopic (exact) mass is 289 g/mol. The summed E-state index contributed by atoms with van der Waals surface area (Å²) in [5.74, 6) is 0.806. The van der Waals surface area contributed by atoms with Gasteiger partial charge in [0.25, 0.3) is 5.91 Å². The molecule has 114 valence electrons. The molecule has 4 heteroatoms. The number of hydrogen-bond acceptors (Lipinski definition) is 3. The summed E-state index contributed by atoms with van der Waals surface area (Å²) in [6, 6.07) is 5.98. The Morgan fingerprint density at radius 2 is 2.14 bits per heavy atom. The molecule has 1 aromatic rings. The molecule has 0 saturated heterocycles. The van der Waals surface area contributed by atoms with Crippen molar-refractivity contribution in [3.05, 3.63) is 23.8 Å². The van der Waals surface area contributed by atoms with Crippen LogP contribution in [0.3, 0.4) is 0 Å². The number of aryl methyl sites for hydroxylation is 1. The Morgan fingerprint density at radius 1 is 1.38 bits per heavy atom. The fraction of sp³-hybridized carbons (Fsp3) is 0.588. The van der Waals surface area contributed by atoms with Crippen LogP contribution in [0.1, 0.15) is 38.7 Å². The summed E-state index contributed by atoms with van der Waals surface area (Å²) in [5.41, 5.74) is 1.20. The van der Waals surface area contributed by atoms with E-state index < -0.39 is 5.60 Å². The van der Waals surface area contributed by atoms with Gasteiger partial charge in [0.05, 0.1) is 11.8 Å². The van der Waals surface area contributed by atoms with E-state index in [2.05, 4.69) is 0 Å². The van der Waals surface area contributed by atoms with Crippen LogP contribution in [-0.2, 0) is 9.53 Å². The topological polar surface area (TPSA) is 38.8 Å². The maximum Gasteiger partial charge on any atom is 0.270 e. The van der Waals surface area contributed by atoms with Crippen molar-refractivity contribution in [3.63, 3.8) is 0 Å². The van der Waals surface area contributed by atoms with Crippen molar-refractivity contribution in [3.8, 4) is 5.75 Å². The Hall–Kier alpha value is -1.55. The summed E-state index contributed by atoms with van der Waals surface area (Å²) >= 11 is 0. The molecule has 1 aliphatic heterocycles. The molecule has 0 atom stereocenters. The minimum absolute atomic E-state index is 0.0204. The first-order chi connectivity index (χ1) is 9.97. The molecule has 21 heavy (non-hydrogen) atoms. The molecule has 0 unspecified atom stereocenters. The van der Waals surface area contributed by atoms with E-state index in [0.717, 1.165) is 30.0 Å². The second kappa shape index (κ2) is 5.34. The van der Waals surface area contributed by atoms with Crippen LogP contribution in [0.5, 0.6) is 5.75 Å². The number of carbonyl (C=O) groups excluding carboxylic acids is 1. The Labute approximate surface area is 126 Å². The van der Waals surface area contributed by atoms with Gasteiger partial charge in [-0.25, -0.2) is 0 Å². The Bertz CT molecular complexity index is 549. The highest BCUT2D eigenvalue weighted by Crippen LogP contribution is 2.38. The second-order valence-electron chi connectivity index (χ2n) is 6.46. The summed E-state index contributed by atoms with van der Waals surface area (Å²) in [4.78, 5) is 14.5. The summed E-state index contributed by atoms with van der Waals surface area (Å²) in [7, 11) is 0. The van der Waals surface area contributed by atoms with E-state index >= 15 is 0 Å². The second-order valence-corrected chi connectivity index (χ2v) is 6.46. The number of ether oxygens (including phenoxy) is 2. The van der Waals surface area contributed by atoms with Gasteiger partial charge in [-0.05, 0) is 57.7 Å². The lowest BCUT2D eigenvalue weighted by Crippen LogP contribution is -2.52. The van der Waals surface area contributed by atoms with E-state index in [1.165, 1.54) is 12.8 Å². The van der Waals surface area contributed by atoms with Crippen LogP contribution in [-0.4, -0.2) is 30.8 Å². The highest BCUT2D eigenvalue weighted by atomic mass is 16.5. The van der Waals surface area contributed by atoms with Crippen LogP contribution < -0.4 is 9.64 Å². The van der Waals surface area contributed by atoms with Crippen LogP contribution in [0.2, 0.25) is 0 Å². The number of fused-ring (bicyclic) bond motifs is 1. The Kier molecular flexibility index (Phi) is 3.66. The molecule has 2 aliphatic rings. The highest BCUT2D eigenvalue weighted by molar-refractivity contribution is 6.02. The maximum atomic E-state index is 12.6. The molecule has 1 aromatic carbocycles. The molecule has 1 aliphatic carbocycles. The number of anilines is 1. The van der Waals surface area contributed by atoms with Crippen LogP contribution in [0, 0.1) is 6.92 Å². The first-order valence-electron chi connectivity index (χ1n) is 7.70. The third-order valence-electron chi connectivity index (χ3n) is 3.93. The lowest BCUT2D eigenvalue weighted by molar-refractivity contribution is -0.132. The van der Waals surface area contributed by atoms with Crippen molar-refractivity contribution in [2.24, 2.45) is 0 Å². The molecule has 0 N–H and O–H groups in total. The first-order valence-corrected chi connectivity index (χ1v) is 7.70. The zero-order valence-electron chi connectivity index (χ0n) is 13.0. The van der Waals surface area contributed by atoms with Crippen molar-refractivity contribution in [1.82, 2.24) is 0 Å². The van der Waals surface area contributed by atoms with E-state index in [4.69, 9.17) is 9.47 Å². The number of nitrogens with zero attached hydrogens (tertiary/aromatic N) is 1. The van der Waals surface area contributed by atoms with E-state index in [-0.39, 0.29) is 5.91 Å². The zero-order valence-corrected chi connectivity index (χ0v) is 13.0. The average Bonchev–Trinajstić information content (AvgIpc) is 3.23. The minimum atomic E-state index is -0.806. The van der Waals surface area contributed by atoms with E-state index in [1.807, 2.05) is 43.9 Å². The van der Waals surface area contributed by atoms with E-state index in [9.17, 15) is 4.79 Å². The molecule has 1 amide bonds. The Balaban J connectivity index is 1.75. The van der Waals surface area contributed by atoms with Crippen molar-refractivity contribution >= 4 is 11.6 Å². The molecular weight excluding hydrogens is 266 g/mol. The number of carbonyl (C=O) groups is 1. The molecule has 0 radical (unpaired) electrons. The highest BCUT2D eigenvalue weighted by Gasteiger charge is 2.40.